The smallest absolute Gasteiger partial charge is 0.230 e. The Morgan fingerprint density at radius 2 is 0.533 bits per heavy atom. The van der Waals surface area contributed by atoms with Gasteiger partial charge in [-0.25, -0.2) is 15.0 Å². The second-order valence-corrected chi connectivity index (χ2v) is 24.7. The first-order valence-corrected chi connectivity index (χ1v) is 31.5. The second-order valence-electron chi connectivity index (χ2n) is 24.7. The third kappa shape index (κ3) is 11.8. The lowest BCUT2D eigenvalue weighted by molar-refractivity contribution is -0.132. The standard InChI is InChI=1S/C81H72N6O3/c1-52(2)85(64-40-34-58(35-41-64)76-49-70(55-22-10-7-11-23-55)67-28-16-19-31-73(67)82-76)79(88)61-46-62(80(89)86(53(3)4)65-42-36-59(37-43-65)77-50-71(56-24-12-8-13-25-56)68-29-17-20-32-74(68)83-77)48-63(47-61)81(90)87(54(5)6)66-44-38-60(39-45-66)78-51-72(57-26-14-9-15-27-57)69-30-18-21-33-75(69)84-78/h7-45,49-54,61-63H,46-48H2,1-6H3. The van der Waals surface area contributed by atoms with Gasteiger partial charge >= 0.3 is 0 Å². The molecule has 0 unspecified atom stereocenters. The molecule has 0 saturated heterocycles. The molecule has 13 rings (SSSR count). The molecule has 0 aliphatic heterocycles. The summed E-state index contributed by atoms with van der Waals surface area (Å²) in [6.45, 7) is 12.1. The van der Waals surface area contributed by atoms with Gasteiger partial charge in [-0.2, -0.15) is 0 Å². The zero-order valence-electron chi connectivity index (χ0n) is 51.7. The molecule has 444 valence electrons. The van der Waals surface area contributed by atoms with E-state index in [-0.39, 0.29) is 55.1 Å². The van der Waals surface area contributed by atoms with Crippen LogP contribution in [0.2, 0.25) is 0 Å². The maximum absolute atomic E-state index is 15.7. The van der Waals surface area contributed by atoms with E-state index >= 15 is 14.4 Å². The number of anilines is 3. The van der Waals surface area contributed by atoms with Gasteiger partial charge in [0.1, 0.15) is 0 Å². The zero-order valence-corrected chi connectivity index (χ0v) is 51.7. The van der Waals surface area contributed by atoms with Crippen molar-refractivity contribution in [3.8, 4) is 67.2 Å². The van der Waals surface area contributed by atoms with Crippen molar-refractivity contribution in [1.29, 1.82) is 0 Å². The van der Waals surface area contributed by atoms with Gasteiger partial charge in [0.2, 0.25) is 17.7 Å². The average Bonchev–Trinajstić information content (AvgIpc) is 0.974. The summed E-state index contributed by atoms with van der Waals surface area (Å²) in [5.74, 6) is -2.29. The van der Waals surface area contributed by atoms with E-state index in [0.717, 1.165) is 117 Å². The van der Waals surface area contributed by atoms with Gasteiger partial charge in [0.05, 0.1) is 33.6 Å². The number of carbonyl (C=O) groups excluding carboxylic acids is 3. The number of benzene rings is 9. The first-order valence-electron chi connectivity index (χ1n) is 31.5. The number of rotatable bonds is 15. The van der Waals surface area contributed by atoms with Gasteiger partial charge < -0.3 is 14.7 Å². The minimum absolute atomic E-state index is 0.111. The molecule has 90 heavy (non-hydrogen) atoms. The number of nitrogens with zero attached hydrogens (tertiary/aromatic N) is 6. The van der Waals surface area contributed by atoms with Gasteiger partial charge in [-0.05, 0) is 167 Å². The van der Waals surface area contributed by atoms with E-state index in [1.54, 1.807) is 0 Å². The van der Waals surface area contributed by atoms with Crippen molar-refractivity contribution < 1.29 is 14.4 Å². The van der Waals surface area contributed by atoms with Crippen molar-refractivity contribution in [2.75, 3.05) is 14.7 Å². The highest BCUT2D eigenvalue weighted by atomic mass is 16.2. The SMILES string of the molecule is CC(C)N(C(=O)C1CC(C(=O)N(c2ccc(-c3cc(-c4ccccc4)c4ccccc4n3)cc2)C(C)C)CC(C(=O)N(c2ccc(-c3cc(-c4ccccc4)c4ccccc4n3)cc2)C(C)C)C1)c1ccc(-c2cc(-c3ccccc3)c3ccccc3n2)cc1. The molecule has 3 heterocycles. The molecular formula is C81H72N6O3. The van der Waals surface area contributed by atoms with Crippen LogP contribution in [0.5, 0.6) is 0 Å². The van der Waals surface area contributed by atoms with E-state index in [0.29, 0.717) is 0 Å². The van der Waals surface area contributed by atoms with Crippen molar-refractivity contribution in [3.05, 3.63) is 255 Å². The molecule has 9 heteroatoms. The van der Waals surface area contributed by atoms with Crippen molar-refractivity contribution in [2.45, 2.75) is 78.9 Å². The number of pyridine rings is 3. The van der Waals surface area contributed by atoms with E-state index in [2.05, 4.69) is 109 Å². The molecule has 9 nitrogen and oxygen atoms in total. The third-order valence-corrected chi connectivity index (χ3v) is 17.7. The number of carbonyl (C=O) groups is 3. The number of para-hydroxylation sites is 3. The number of hydrogen-bond acceptors (Lipinski definition) is 6. The van der Waals surface area contributed by atoms with Crippen LogP contribution in [-0.4, -0.2) is 50.8 Å². The van der Waals surface area contributed by atoms with Gasteiger partial charge in [-0.1, -0.05) is 182 Å². The van der Waals surface area contributed by atoms with Gasteiger partial charge in [-0.15, -0.1) is 0 Å². The van der Waals surface area contributed by atoms with Crippen LogP contribution in [0, 0.1) is 17.8 Å². The number of amides is 3. The normalized spacial score (nSPS) is 15.0. The molecule has 0 bridgehead atoms. The summed E-state index contributed by atoms with van der Waals surface area (Å²) in [6.07, 6.45) is 0.865. The summed E-state index contributed by atoms with van der Waals surface area (Å²) in [5, 5.41) is 3.22. The van der Waals surface area contributed by atoms with E-state index < -0.39 is 17.8 Å². The van der Waals surface area contributed by atoms with Gasteiger partial charge in [-0.3, -0.25) is 14.4 Å². The third-order valence-electron chi connectivity index (χ3n) is 17.7. The first kappa shape index (κ1) is 58.6. The highest BCUT2D eigenvalue weighted by molar-refractivity contribution is 6.03. The Hall–Kier alpha value is -10.4. The summed E-state index contributed by atoms with van der Waals surface area (Å²) in [7, 11) is 0. The van der Waals surface area contributed by atoms with Crippen LogP contribution in [0.25, 0.3) is 99.9 Å². The lowest BCUT2D eigenvalue weighted by Gasteiger charge is -2.41. The Morgan fingerprint density at radius 1 is 0.300 bits per heavy atom. The largest absolute Gasteiger partial charge is 0.310 e. The minimum atomic E-state index is -0.650. The fourth-order valence-electron chi connectivity index (χ4n) is 13.5. The van der Waals surface area contributed by atoms with Crippen LogP contribution < -0.4 is 14.7 Å². The molecule has 3 amide bonds. The molecule has 1 aliphatic carbocycles. The molecular weight excluding hydrogens is 1100 g/mol. The molecule has 0 atom stereocenters. The Labute approximate surface area is 527 Å². The molecule has 0 radical (unpaired) electrons. The molecule has 9 aromatic carbocycles. The van der Waals surface area contributed by atoms with E-state index in [1.165, 1.54) is 0 Å². The molecule has 1 aliphatic rings. The number of hydrogen-bond donors (Lipinski definition) is 0. The number of fused-ring (bicyclic) bond motifs is 3. The van der Waals surface area contributed by atoms with Gasteiger partial charge in [0.25, 0.3) is 0 Å². The topological polar surface area (TPSA) is 99.6 Å². The van der Waals surface area contributed by atoms with E-state index in [4.69, 9.17) is 15.0 Å². The van der Waals surface area contributed by atoms with Crippen LogP contribution in [0.1, 0.15) is 60.8 Å². The first-order chi connectivity index (χ1) is 43.8. The maximum Gasteiger partial charge on any atom is 0.230 e. The lowest BCUT2D eigenvalue weighted by atomic mass is 9.73. The van der Waals surface area contributed by atoms with Crippen LogP contribution in [0.3, 0.4) is 0 Å². The number of aromatic nitrogens is 3. The van der Waals surface area contributed by atoms with E-state index in [9.17, 15) is 0 Å². The molecule has 3 aromatic heterocycles. The van der Waals surface area contributed by atoms with Crippen LogP contribution in [0.4, 0.5) is 17.1 Å². The van der Waals surface area contributed by atoms with Gasteiger partial charge in [0, 0.05) is 85.8 Å². The summed E-state index contributed by atoms with van der Waals surface area (Å²) >= 11 is 0. The van der Waals surface area contributed by atoms with Crippen molar-refractivity contribution in [3.63, 3.8) is 0 Å². The fraction of sp³-hybridized carbons (Fsp3) is 0.185. The highest BCUT2D eigenvalue weighted by Crippen LogP contribution is 2.42. The summed E-state index contributed by atoms with van der Waals surface area (Å²) in [5.41, 5.74) is 16.8. The fourth-order valence-corrected chi connectivity index (χ4v) is 13.5. The quantitative estimate of drug-likeness (QED) is 0.101. The molecule has 1 saturated carbocycles. The lowest BCUT2D eigenvalue weighted by Crippen LogP contribution is -2.50. The van der Waals surface area contributed by atoms with Crippen LogP contribution in [0.15, 0.2) is 255 Å². The Morgan fingerprint density at radius 3 is 0.778 bits per heavy atom. The Kier molecular flexibility index (Phi) is 16.5. The highest BCUT2D eigenvalue weighted by Gasteiger charge is 2.44. The zero-order chi connectivity index (χ0) is 62.0. The maximum atomic E-state index is 15.7. The van der Waals surface area contributed by atoms with Crippen molar-refractivity contribution in [1.82, 2.24) is 15.0 Å². The Bertz CT molecular complexity index is 4100. The van der Waals surface area contributed by atoms with Crippen molar-refractivity contribution in [2.24, 2.45) is 17.8 Å². The minimum Gasteiger partial charge on any atom is -0.310 e. The molecule has 12 aromatic rings. The second kappa shape index (κ2) is 25.4. The predicted molar refractivity (Wildman–Crippen MR) is 370 cm³/mol. The monoisotopic (exact) mass is 1180 g/mol. The van der Waals surface area contributed by atoms with E-state index in [1.807, 2.05) is 202 Å². The van der Waals surface area contributed by atoms with Crippen LogP contribution in [-0.2, 0) is 14.4 Å². The van der Waals surface area contributed by atoms with Crippen LogP contribution >= 0.6 is 0 Å². The molecule has 0 N–H and O–H groups in total. The predicted octanol–water partition coefficient (Wildman–Crippen LogP) is 19.0. The Balaban J connectivity index is 0.828. The average molecular weight is 1180 g/mol. The summed E-state index contributed by atoms with van der Waals surface area (Å²) < 4.78 is 0. The molecule has 0 spiro atoms. The van der Waals surface area contributed by atoms with Crippen molar-refractivity contribution >= 4 is 67.5 Å². The van der Waals surface area contributed by atoms with Gasteiger partial charge in [0.15, 0.2) is 0 Å². The summed E-state index contributed by atoms with van der Waals surface area (Å²) in [6, 6.07) is 85.7. The summed E-state index contributed by atoms with van der Waals surface area (Å²) in [4.78, 5) is 68.1. The molecule has 1 fully saturated rings.